The number of amides is 1. The highest BCUT2D eigenvalue weighted by molar-refractivity contribution is 5.93. The lowest BCUT2D eigenvalue weighted by atomic mass is 9.91. The predicted octanol–water partition coefficient (Wildman–Crippen LogP) is 3.91. The van der Waals surface area contributed by atoms with E-state index in [4.69, 9.17) is 0 Å². The van der Waals surface area contributed by atoms with Crippen molar-refractivity contribution in [3.63, 3.8) is 0 Å². The Morgan fingerprint density at radius 3 is 2.42 bits per heavy atom. The number of imidazole rings is 1. The van der Waals surface area contributed by atoms with Gasteiger partial charge in [-0.3, -0.25) is 14.0 Å². The first-order valence-corrected chi connectivity index (χ1v) is 10.3. The topological polar surface area (TPSA) is 76.8 Å². The van der Waals surface area contributed by atoms with Crippen LogP contribution in [0.15, 0.2) is 31.2 Å². The maximum Gasteiger partial charge on any atom is 0.434 e. The van der Waals surface area contributed by atoms with E-state index in [9.17, 15) is 18.0 Å². The summed E-state index contributed by atoms with van der Waals surface area (Å²) in [6.07, 6.45) is 5.89. The van der Waals surface area contributed by atoms with Crippen LogP contribution < -0.4 is 10.6 Å². The number of hydrogen-bond acceptors (Lipinski definition) is 4. The van der Waals surface area contributed by atoms with Crippen molar-refractivity contribution in [1.29, 1.82) is 0 Å². The van der Waals surface area contributed by atoms with Crippen LogP contribution in [-0.4, -0.2) is 37.3 Å². The molecule has 1 aliphatic rings. The third-order valence-corrected chi connectivity index (χ3v) is 5.28. The predicted molar refractivity (Wildman–Crippen MR) is 112 cm³/mol. The second-order valence-electron chi connectivity index (χ2n) is 7.55. The van der Waals surface area contributed by atoms with E-state index in [-0.39, 0.29) is 23.8 Å². The van der Waals surface area contributed by atoms with E-state index in [1.807, 2.05) is 6.92 Å². The molecule has 1 amide bonds. The molecule has 0 aromatic carbocycles. The first kappa shape index (κ1) is 22.6. The quantitative estimate of drug-likeness (QED) is 0.690. The molecule has 2 N–H and O–H groups in total. The van der Waals surface area contributed by atoms with Gasteiger partial charge in [-0.2, -0.15) is 18.3 Å². The summed E-state index contributed by atoms with van der Waals surface area (Å²) in [5.74, 6) is 0.367. The summed E-state index contributed by atoms with van der Waals surface area (Å²) in [5, 5.41) is 10.4. The fourth-order valence-corrected chi connectivity index (χ4v) is 3.62. The van der Waals surface area contributed by atoms with Gasteiger partial charge in [0, 0.05) is 31.0 Å². The van der Waals surface area contributed by atoms with Crippen molar-refractivity contribution >= 4 is 17.8 Å². The number of allylic oxidation sites excluding steroid dienone is 1. The van der Waals surface area contributed by atoms with Crippen molar-refractivity contribution in [3.05, 3.63) is 48.3 Å². The monoisotopic (exact) mass is 436 g/mol. The first-order valence-electron chi connectivity index (χ1n) is 10.3. The van der Waals surface area contributed by atoms with Crippen LogP contribution in [0.3, 0.4) is 0 Å². The fraction of sp³-hybridized carbons (Fsp3) is 0.476. The lowest BCUT2D eigenvalue weighted by Gasteiger charge is -2.31. The molecule has 2 aromatic heterocycles. The number of halogens is 3. The summed E-state index contributed by atoms with van der Waals surface area (Å²) < 4.78 is 42.2. The van der Waals surface area contributed by atoms with Gasteiger partial charge in [0.05, 0.1) is 11.8 Å². The summed E-state index contributed by atoms with van der Waals surface area (Å²) in [5.41, 5.74) is -0.422. The van der Waals surface area contributed by atoms with E-state index in [0.717, 1.165) is 31.9 Å². The van der Waals surface area contributed by atoms with Crippen molar-refractivity contribution in [1.82, 2.24) is 30.0 Å². The van der Waals surface area contributed by atoms with Crippen molar-refractivity contribution in [2.24, 2.45) is 0 Å². The number of carbonyl (C=O) groups is 1. The average Bonchev–Trinajstić information content (AvgIpc) is 3.37. The maximum atomic E-state index is 13.0. The van der Waals surface area contributed by atoms with Crippen LogP contribution >= 0.6 is 0 Å². The van der Waals surface area contributed by atoms with Gasteiger partial charge in [-0.05, 0) is 45.6 Å². The zero-order valence-electron chi connectivity index (χ0n) is 17.6. The zero-order valence-corrected chi connectivity index (χ0v) is 17.6. The Labute approximate surface area is 179 Å². The fourth-order valence-electron chi connectivity index (χ4n) is 3.62. The molecule has 31 heavy (non-hydrogen) atoms. The molecule has 0 radical (unpaired) electrons. The van der Waals surface area contributed by atoms with Crippen LogP contribution in [-0.2, 0) is 12.7 Å². The minimum Gasteiger partial charge on any atom is -0.369 e. The average molecular weight is 436 g/mol. The molecule has 2 aromatic rings. The SMILES string of the molecule is C=C(NC1CCC(NC(=O)c2cnn(CC)c2)CC1)n1cc(C(F)(F)F)nc1/C=C\C. The summed E-state index contributed by atoms with van der Waals surface area (Å²) >= 11 is 0. The minimum absolute atomic E-state index is 0.0486. The van der Waals surface area contributed by atoms with Gasteiger partial charge in [0.25, 0.3) is 5.91 Å². The van der Waals surface area contributed by atoms with Crippen LogP contribution in [0.25, 0.3) is 11.9 Å². The molecule has 1 saturated carbocycles. The van der Waals surface area contributed by atoms with Crippen LogP contribution in [0, 0.1) is 0 Å². The standard InChI is InChI=1S/C21H27F3N6O/c1-4-6-19-28-18(21(22,23)24)13-30(19)14(3)26-16-7-9-17(10-8-16)27-20(31)15-11-25-29(5-2)12-15/h4,6,11-13,16-17,26H,3,5,7-10H2,1-2H3,(H,27,31)/b6-4-. The summed E-state index contributed by atoms with van der Waals surface area (Å²) in [7, 11) is 0. The van der Waals surface area contributed by atoms with Crippen molar-refractivity contribution in [2.45, 2.75) is 64.3 Å². The van der Waals surface area contributed by atoms with Gasteiger partial charge in [-0.25, -0.2) is 4.98 Å². The number of nitrogens with zero attached hydrogens (tertiary/aromatic N) is 4. The Hall–Kier alpha value is -3.04. The van der Waals surface area contributed by atoms with Crippen LogP contribution in [0.2, 0.25) is 0 Å². The molecule has 0 bridgehead atoms. The molecule has 1 aliphatic carbocycles. The minimum atomic E-state index is -4.52. The lowest BCUT2D eigenvalue weighted by Crippen LogP contribution is -2.42. The molecule has 168 valence electrons. The molecule has 10 heteroatoms. The number of hydrogen-bond donors (Lipinski definition) is 2. The lowest BCUT2D eigenvalue weighted by molar-refractivity contribution is -0.140. The van der Waals surface area contributed by atoms with Gasteiger partial charge < -0.3 is 10.6 Å². The number of carbonyl (C=O) groups excluding carboxylic acids is 1. The first-order chi connectivity index (χ1) is 14.7. The van der Waals surface area contributed by atoms with E-state index in [0.29, 0.717) is 17.9 Å². The number of aromatic nitrogens is 4. The molecule has 0 spiro atoms. The Balaban J connectivity index is 1.55. The number of rotatable bonds is 7. The normalized spacial score (nSPS) is 19.5. The summed E-state index contributed by atoms with van der Waals surface area (Å²) in [6, 6.07) is 0.103. The molecule has 0 saturated heterocycles. The van der Waals surface area contributed by atoms with Gasteiger partial charge in [-0.15, -0.1) is 0 Å². The van der Waals surface area contributed by atoms with Gasteiger partial charge in [0.2, 0.25) is 0 Å². The number of aryl methyl sites for hydroxylation is 1. The van der Waals surface area contributed by atoms with Crippen LogP contribution in [0.5, 0.6) is 0 Å². The Morgan fingerprint density at radius 1 is 1.23 bits per heavy atom. The Morgan fingerprint density at radius 2 is 1.87 bits per heavy atom. The van der Waals surface area contributed by atoms with E-state index in [1.165, 1.54) is 10.6 Å². The third-order valence-electron chi connectivity index (χ3n) is 5.28. The van der Waals surface area contributed by atoms with E-state index in [2.05, 4.69) is 27.3 Å². The maximum absolute atomic E-state index is 13.0. The Bertz CT molecular complexity index is 951. The second-order valence-corrected chi connectivity index (χ2v) is 7.55. The van der Waals surface area contributed by atoms with E-state index >= 15 is 0 Å². The molecule has 7 nitrogen and oxygen atoms in total. The molecule has 0 unspecified atom stereocenters. The van der Waals surface area contributed by atoms with Crippen LogP contribution in [0.1, 0.15) is 61.4 Å². The largest absolute Gasteiger partial charge is 0.434 e. The number of alkyl halides is 3. The molecule has 3 rings (SSSR count). The van der Waals surface area contributed by atoms with E-state index < -0.39 is 11.9 Å². The highest BCUT2D eigenvalue weighted by Crippen LogP contribution is 2.29. The number of nitrogens with one attached hydrogen (secondary N) is 2. The Kier molecular flexibility index (Phi) is 6.87. The molecule has 1 fully saturated rings. The highest BCUT2D eigenvalue weighted by atomic mass is 19.4. The van der Waals surface area contributed by atoms with Crippen molar-refractivity contribution in [2.75, 3.05) is 0 Å². The smallest absolute Gasteiger partial charge is 0.369 e. The summed E-state index contributed by atoms with van der Waals surface area (Å²) in [6.45, 7) is 8.27. The molecular formula is C21H27F3N6O. The molecule has 0 aliphatic heterocycles. The van der Waals surface area contributed by atoms with Gasteiger partial charge >= 0.3 is 6.18 Å². The van der Waals surface area contributed by atoms with Crippen molar-refractivity contribution in [3.8, 4) is 0 Å². The van der Waals surface area contributed by atoms with Gasteiger partial charge in [0.1, 0.15) is 11.6 Å². The van der Waals surface area contributed by atoms with E-state index in [1.54, 1.807) is 30.1 Å². The van der Waals surface area contributed by atoms with Gasteiger partial charge in [0.15, 0.2) is 5.69 Å². The molecule has 2 heterocycles. The third kappa shape index (κ3) is 5.56. The highest BCUT2D eigenvalue weighted by Gasteiger charge is 2.35. The molecular weight excluding hydrogens is 409 g/mol. The summed E-state index contributed by atoms with van der Waals surface area (Å²) in [4.78, 5) is 16.0. The second kappa shape index (κ2) is 9.40. The van der Waals surface area contributed by atoms with Crippen molar-refractivity contribution < 1.29 is 18.0 Å². The van der Waals surface area contributed by atoms with Crippen LogP contribution in [0.4, 0.5) is 13.2 Å². The zero-order chi connectivity index (χ0) is 22.6. The molecule has 0 atom stereocenters. The van der Waals surface area contributed by atoms with Gasteiger partial charge in [-0.1, -0.05) is 12.7 Å².